The summed E-state index contributed by atoms with van der Waals surface area (Å²) < 4.78 is 0. The molecule has 0 spiro atoms. The first-order valence-electron chi connectivity index (χ1n) is 17.8. The Labute approximate surface area is 289 Å². The maximum absolute atomic E-state index is 13.4. The smallest absolute Gasteiger partial charge is 0.329 e. The van der Waals surface area contributed by atoms with E-state index in [2.05, 4.69) is 38.6 Å². The van der Waals surface area contributed by atoms with Crippen LogP contribution in [0.25, 0.3) is 10.8 Å². The van der Waals surface area contributed by atoms with Crippen molar-refractivity contribution in [3.05, 3.63) is 102 Å². The topological polar surface area (TPSA) is 111 Å². The van der Waals surface area contributed by atoms with E-state index in [1.54, 1.807) is 6.07 Å². The number of urea groups is 2. The van der Waals surface area contributed by atoms with Crippen LogP contribution >= 0.6 is 0 Å². The minimum Gasteiger partial charge on any atom is -0.367 e. The van der Waals surface area contributed by atoms with Crippen LogP contribution in [0.1, 0.15) is 56.1 Å². The predicted octanol–water partition coefficient (Wildman–Crippen LogP) is 7.41. The van der Waals surface area contributed by atoms with Gasteiger partial charge in [-0.1, -0.05) is 92.1 Å². The summed E-state index contributed by atoms with van der Waals surface area (Å²) in [7, 11) is 0. The van der Waals surface area contributed by atoms with Crippen molar-refractivity contribution < 1.29 is 14.4 Å². The third-order valence-corrected chi connectivity index (χ3v) is 9.93. The second-order valence-corrected chi connectivity index (χ2v) is 13.3. The number of piperazine rings is 1. The number of carbonyl (C=O) groups excluding carboxylic acids is 3. The highest BCUT2D eigenvalue weighted by Crippen LogP contribution is 2.32. The van der Waals surface area contributed by atoms with E-state index in [0.29, 0.717) is 30.3 Å². The Bertz CT molecular complexity index is 1730. The molecule has 9 nitrogen and oxygen atoms in total. The Balaban J connectivity index is 1.13. The molecule has 4 aromatic rings. The van der Waals surface area contributed by atoms with Gasteiger partial charge in [0.2, 0.25) is 5.91 Å². The van der Waals surface area contributed by atoms with Gasteiger partial charge in [-0.15, -0.1) is 0 Å². The molecule has 4 N–H and O–H groups in total. The molecule has 4 aromatic carbocycles. The molecular formula is C40H48N6O3. The number of carbonyl (C=O) groups is 3. The van der Waals surface area contributed by atoms with Crippen molar-refractivity contribution >= 4 is 45.8 Å². The summed E-state index contributed by atoms with van der Waals surface area (Å²) >= 11 is 0. The van der Waals surface area contributed by atoms with Gasteiger partial charge in [-0.3, -0.25) is 9.69 Å². The maximum atomic E-state index is 13.4. The second-order valence-electron chi connectivity index (χ2n) is 13.3. The molecule has 1 saturated carbocycles. The number of hydrogen-bond donors (Lipinski definition) is 3. The molecule has 49 heavy (non-hydrogen) atoms. The Morgan fingerprint density at radius 1 is 0.735 bits per heavy atom. The second kappa shape index (κ2) is 16.5. The highest BCUT2D eigenvalue weighted by Gasteiger charge is 2.27. The molecule has 5 amide bonds. The monoisotopic (exact) mass is 660 g/mol. The molecule has 0 aromatic heterocycles. The van der Waals surface area contributed by atoms with Gasteiger partial charge < -0.3 is 21.3 Å². The number of nitrogens with one attached hydrogen (secondary N) is 2. The number of nitrogens with zero attached hydrogens (tertiary/aromatic N) is 3. The van der Waals surface area contributed by atoms with E-state index in [0.717, 1.165) is 65.9 Å². The van der Waals surface area contributed by atoms with Crippen molar-refractivity contribution in [3.8, 4) is 0 Å². The fourth-order valence-electron chi connectivity index (χ4n) is 7.21. The van der Waals surface area contributed by atoms with Crippen LogP contribution < -0.4 is 21.3 Å². The summed E-state index contributed by atoms with van der Waals surface area (Å²) in [4.78, 5) is 45.0. The molecule has 2 aliphatic rings. The van der Waals surface area contributed by atoms with Gasteiger partial charge in [-0.2, -0.15) is 0 Å². The molecule has 0 atom stereocenters. The van der Waals surface area contributed by atoms with Crippen LogP contribution in [0.15, 0.2) is 91.0 Å². The number of amides is 5. The molecule has 1 aliphatic carbocycles. The van der Waals surface area contributed by atoms with E-state index in [-0.39, 0.29) is 12.5 Å². The van der Waals surface area contributed by atoms with Crippen LogP contribution in [0.4, 0.5) is 26.7 Å². The van der Waals surface area contributed by atoms with E-state index in [1.165, 1.54) is 37.7 Å². The van der Waals surface area contributed by atoms with Gasteiger partial charge >= 0.3 is 12.1 Å². The van der Waals surface area contributed by atoms with Crippen LogP contribution in [-0.4, -0.2) is 66.5 Å². The minimum atomic E-state index is -0.822. The fraction of sp³-hybridized carbons (Fsp3) is 0.375. The lowest BCUT2D eigenvalue weighted by atomic mass is 9.94. The van der Waals surface area contributed by atoms with Crippen LogP contribution in [0.5, 0.6) is 0 Å². The third-order valence-electron chi connectivity index (χ3n) is 9.93. The summed E-state index contributed by atoms with van der Waals surface area (Å²) in [6, 6.07) is 29.2. The maximum Gasteiger partial charge on any atom is 0.329 e. The average molecular weight is 661 g/mol. The highest BCUT2D eigenvalue weighted by atomic mass is 16.2. The Morgan fingerprint density at radius 3 is 2.22 bits per heavy atom. The van der Waals surface area contributed by atoms with Crippen LogP contribution in [0.2, 0.25) is 0 Å². The van der Waals surface area contributed by atoms with Crippen molar-refractivity contribution in [2.45, 2.75) is 63.8 Å². The first kappa shape index (κ1) is 34.0. The quantitative estimate of drug-likeness (QED) is 0.155. The summed E-state index contributed by atoms with van der Waals surface area (Å²) in [5, 5.41) is 8.23. The van der Waals surface area contributed by atoms with E-state index in [4.69, 9.17) is 5.73 Å². The summed E-state index contributed by atoms with van der Waals surface area (Å²) in [6.45, 7) is 3.83. The van der Waals surface area contributed by atoms with E-state index >= 15 is 0 Å². The Morgan fingerprint density at radius 2 is 1.47 bits per heavy atom. The molecule has 0 bridgehead atoms. The molecule has 0 unspecified atom stereocenters. The van der Waals surface area contributed by atoms with Crippen molar-refractivity contribution in [1.29, 1.82) is 0 Å². The number of fused-ring (bicyclic) bond motifs is 1. The van der Waals surface area contributed by atoms with Gasteiger partial charge in [-0.05, 0) is 72.2 Å². The zero-order valence-electron chi connectivity index (χ0n) is 28.3. The van der Waals surface area contributed by atoms with Crippen molar-refractivity contribution in [2.24, 2.45) is 5.73 Å². The molecule has 256 valence electrons. The first-order chi connectivity index (χ1) is 23.9. The van der Waals surface area contributed by atoms with E-state index < -0.39 is 12.1 Å². The highest BCUT2D eigenvalue weighted by molar-refractivity contribution is 6.01. The minimum absolute atomic E-state index is 0.0735. The van der Waals surface area contributed by atoms with Gasteiger partial charge in [0.05, 0.1) is 11.4 Å². The zero-order valence-corrected chi connectivity index (χ0v) is 28.3. The van der Waals surface area contributed by atoms with Crippen LogP contribution in [-0.2, 0) is 17.6 Å². The lowest BCUT2D eigenvalue weighted by molar-refractivity contribution is -0.116. The van der Waals surface area contributed by atoms with Crippen LogP contribution in [0, 0.1) is 0 Å². The van der Waals surface area contributed by atoms with Crippen molar-refractivity contribution in [3.63, 3.8) is 0 Å². The number of hydrogen-bond acceptors (Lipinski definition) is 5. The normalized spacial score (nSPS) is 15.6. The van der Waals surface area contributed by atoms with Gasteiger partial charge in [0, 0.05) is 50.9 Å². The molecule has 9 heteroatoms. The van der Waals surface area contributed by atoms with Crippen molar-refractivity contribution in [1.82, 2.24) is 9.80 Å². The fourth-order valence-corrected chi connectivity index (χ4v) is 7.21. The number of rotatable bonds is 11. The number of benzene rings is 4. The van der Waals surface area contributed by atoms with Gasteiger partial charge in [0.15, 0.2) is 0 Å². The predicted molar refractivity (Wildman–Crippen MR) is 198 cm³/mol. The van der Waals surface area contributed by atoms with E-state index in [9.17, 15) is 14.4 Å². The number of nitrogens with two attached hydrogens (primary N) is 1. The summed E-state index contributed by atoms with van der Waals surface area (Å²) in [5.74, 6) is -0.0735. The number of aryl methyl sites for hydroxylation is 1. The SMILES string of the molecule is NC(=O)N(CCc1ccc2ccccc2c1)C(=O)Nc1ccc(N2CCN(C3CCCCC3)CC2)c(NC(=O)CCCc2ccccc2)c1. The van der Waals surface area contributed by atoms with Gasteiger partial charge in [0.25, 0.3) is 0 Å². The average Bonchev–Trinajstić information content (AvgIpc) is 3.12. The molecule has 6 rings (SSSR count). The molecule has 1 aliphatic heterocycles. The van der Waals surface area contributed by atoms with Gasteiger partial charge in [-0.25, -0.2) is 14.5 Å². The zero-order chi connectivity index (χ0) is 34.0. The number of imide groups is 1. The largest absolute Gasteiger partial charge is 0.367 e. The lowest BCUT2D eigenvalue weighted by Crippen LogP contribution is -2.51. The van der Waals surface area contributed by atoms with Crippen LogP contribution in [0.3, 0.4) is 0 Å². The third kappa shape index (κ3) is 9.18. The van der Waals surface area contributed by atoms with Crippen molar-refractivity contribution in [2.75, 3.05) is 48.3 Å². The molecular weight excluding hydrogens is 612 g/mol. The molecule has 0 radical (unpaired) electrons. The molecule has 2 fully saturated rings. The number of anilines is 3. The van der Waals surface area contributed by atoms with E-state index in [1.807, 2.05) is 66.7 Å². The standard InChI is InChI=1S/C40H48N6O3/c41-39(48)46(23-22-31-18-19-32-13-7-8-14-33(32)28-31)40(49)42-34-20-21-37(45-26-24-44(25-27-45)35-15-5-2-6-16-35)36(29-34)43-38(47)17-9-12-30-10-3-1-4-11-30/h1,3-4,7-8,10-11,13-14,18-21,28-29,35H,2,5-6,9,12,15-17,22-27H2,(H2,41,48)(H,42,49)(H,43,47). The Hall–Kier alpha value is -4.89. The summed E-state index contributed by atoms with van der Waals surface area (Å²) in [6.07, 6.45) is 8.93. The molecule has 1 saturated heterocycles. The molecule has 1 heterocycles. The lowest BCUT2D eigenvalue weighted by Gasteiger charge is -2.42. The number of primary amides is 1. The summed E-state index contributed by atoms with van der Waals surface area (Å²) in [5.41, 5.74) is 9.94. The van der Waals surface area contributed by atoms with Gasteiger partial charge in [0.1, 0.15) is 0 Å². The first-order valence-corrected chi connectivity index (χ1v) is 17.8. The Kier molecular flexibility index (Phi) is 11.4.